The summed E-state index contributed by atoms with van der Waals surface area (Å²) in [7, 11) is 0. The molecule has 0 atom stereocenters. The van der Waals surface area contributed by atoms with Crippen molar-refractivity contribution in [1.82, 2.24) is 0 Å². The lowest BCUT2D eigenvalue weighted by molar-refractivity contribution is 0.471. The summed E-state index contributed by atoms with van der Waals surface area (Å²) in [5, 5.41) is 10.4. The lowest BCUT2D eigenvalue weighted by atomic mass is 9.93. The van der Waals surface area contributed by atoms with Crippen LogP contribution in [0.25, 0.3) is 11.1 Å². The number of benzene rings is 2. The number of phenols is 1. The molecule has 1 nitrogen and oxygen atoms in total. The van der Waals surface area contributed by atoms with Gasteiger partial charge in [0.05, 0.1) is 0 Å². The predicted octanol–water partition coefficient (Wildman–Crippen LogP) is 4.75. The van der Waals surface area contributed by atoms with Gasteiger partial charge in [-0.25, -0.2) is 0 Å². The van der Waals surface area contributed by atoms with Gasteiger partial charge in [-0.2, -0.15) is 0 Å². The van der Waals surface area contributed by atoms with Crippen LogP contribution in [0.15, 0.2) is 36.4 Å². The second kappa shape index (κ2) is 5.92. The van der Waals surface area contributed by atoms with E-state index in [1.165, 1.54) is 11.1 Å². The van der Waals surface area contributed by atoms with E-state index < -0.39 is 0 Å². The standard InChI is InChI=1S/C18H22O/c1-4-13-10-11-16(15(6-3)12-13)17-9-7-8-14(5-2)18(17)19/h7-12,19H,4-6H2,1-3H3. The molecule has 1 heteroatoms. The SMILES string of the molecule is CCc1ccc(-c2cccc(CC)c2O)c(CC)c1. The van der Waals surface area contributed by atoms with Crippen molar-refractivity contribution in [2.24, 2.45) is 0 Å². The minimum Gasteiger partial charge on any atom is -0.507 e. The Labute approximate surface area is 115 Å². The van der Waals surface area contributed by atoms with Gasteiger partial charge in [-0.3, -0.25) is 0 Å². The molecule has 0 fully saturated rings. The maximum absolute atomic E-state index is 10.4. The molecule has 100 valence electrons. The maximum atomic E-state index is 10.4. The van der Waals surface area contributed by atoms with Crippen molar-refractivity contribution in [3.05, 3.63) is 53.1 Å². The average Bonchev–Trinajstić information content (AvgIpc) is 2.47. The number of para-hydroxylation sites is 1. The number of aromatic hydroxyl groups is 1. The van der Waals surface area contributed by atoms with E-state index in [9.17, 15) is 5.11 Å². The fraction of sp³-hybridized carbons (Fsp3) is 0.333. The Hall–Kier alpha value is -1.76. The lowest BCUT2D eigenvalue weighted by Crippen LogP contribution is -1.93. The molecule has 0 saturated heterocycles. The fourth-order valence-electron chi connectivity index (χ4n) is 2.52. The summed E-state index contributed by atoms with van der Waals surface area (Å²) in [6.45, 7) is 6.41. The molecule has 0 amide bonds. The van der Waals surface area contributed by atoms with E-state index in [0.29, 0.717) is 5.75 Å². The summed E-state index contributed by atoms with van der Waals surface area (Å²) in [6.07, 6.45) is 2.89. The second-order valence-corrected chi connectivity index (χ2v) is 4.87. The van der Waals surface area contributed by atoms with Gasteiger partial charge in [0.15, 0.2) is 0 Å². The third-order valence-electron chi connectivity index (χ3n) is 3.75. The Bertz CT molecular complexity index is 570. The predicted molar refractivity (Wildman–Crippen MR) is 81.7 cm³/mol. The van der Waals surface area contributed by atoms with Crippen LogP contribution < -0.4 is 0 Å². The first-order valence-corrected chi connectivity index (χ1v) is 7.14. The zero-order chi connectivity index (χ0) is 13.8. The Balaban J connectivity index is 2.58. The third kappa shape index (κ3) is 2.65. The summed E-state index contributed by atoms with van der Waals surface area (Å²) >= 11 is 0. The molecule has 19 heavy (non-hydrogen) atoms. The Morgan fingerprint density at radius 2 is 1.53 bits per heavy atom. The van der Waals surface area contributed by atoms with Crippen LogP contribution in [0.3, 0.4) is 0 Å². The molecule has 0 radical (unpaired) electrons. The van der Waals surface area contributed by atoms with Gasteiger partial charge in [-0.1, -0.05) is 57.2 Å². The van der Waals surface area contributed by atoms with E-state index in [2.05, 4.69) is 39.0 Å². The Morgan fingerprint density at radius 3 is 2.16 bits per heavy atom. The van der Waals surface area contributed by atoms with E-state index in [1.807, 2.05) is 18.2 Å². The molecule has 0 aliphatic rings. The average molecular weight is 254 g/mol. The van der Waals surface area contributed by atoms with Crippen molar-refractivity contribution in [2.45, 2.75) is 40.0 Å². The maximum Gasteiger partial charge on any atom is 0.126 e. The van der Waals surface area contributed by atoms with E-state index in [0.717, 1.165) is 36.0 Å². The largest absolute Gasteiger partial charge is 0.507 e. The van der Waals surface area contributed by atoms with Crippen molar-refractivity contribution in [3.63, 3.8) is 0 Å². The van der Waals surface area contributed by atoms with Crippen LogP contribution in [0, 0.1) is 0 Å². The molecule has 0 spiro atoms. The molecule has 2 aromatic carbocycles. The molecule has 0 bridgehead atoms. The van der Waals surface area contributed by atoms with E-state index in [1.54, 1.807) is 0 Å². The molecule has 0 heterocycles. The van der Waals surface area contributed by atoms with Crippen LogP contribution in [0.5, 0.6) is 5.75 Å². The van der Waals surface area contributed by atoms with Crippen LogP contribution in [0.1, 0.15) is 37.5 Å². The van der Waals surface area contributed by atoms with E-state index >= 15 is 0 Å². The first-order valence-electron chi connectivity index (χ1n) is 7.14. The van der Waals surface area contributed by atoms with Gasteiger partial charge in [0.25, 0.3) is 0 Å². The molecule has 2 aromatic rings. The topological polar surface area (TPSA) is 20.2 Å². The Kier molecular flexibility index (Phi) is 4.26. The molecule has 0 saturated carbocycles. The summed E-state index contributed by atoms with van der Waals surface area (Å²) in [6, 6.07) is 12.6. The van der Waals surface area contributed by atoms with Gasteiger partial charge in [-0.15, -0.1) is 0 Å². The van der Waals surface area contributed by atoms with Crippen molar-refractivity contribution < 1.29 is 5.11 Å². The number of hydrogen-bond donors (Lipinski definition) is 1. The van der Waals surface area contributed by atoms with E-state index in [4.69, 9.17) is 0 Å². The fourth-order valence-corrected chi connectivity index (χ4v) is 2.52. The first kappa shape index (κ1) is 13.7. The monoisotopic (exact) mass is 254 g/mol. The highest BCUT2D eigenvalue weighted by Gasteiger charge is 2.11. The summed E-state index contributed by atoms with van der Waals surface area (Å²) in [5.41, 5.74) is 5.79. The van der Waals surface area contributed by atoms with Gasteiger partial charge in [0.1, 0.15) is 5.75 Å². The normalized spacial score (nSPS) is 10.7. The number of phenolic OH excluding ortho intramolecular Hbond substituents is 1. The minimum atomic E-state index is 0.434. The van der Waals surface area contributed by atoms with Gasteiger partial charge >= 0.3 is 0 Å². The summed E-state index contributed by atoms with van der Waals surface area (Å²) in [4.78, 5) is 0. The molecule has 0 aromatic heterocycles. The zero-order valence-corrected chi connectivity index (χ0v) is 12.0. The van der Waals surface area contributed by atoms with Crippen LogP contribution in [0.2, 0.25) is 0 Å². The molecule has 1 N–H and O–H groups in total. The van der Waals surface area contributed by atoms with Crippen LogP contribution in [-0.2, 0) is 19.3 Å². The first-order chi connectivity index (χ1) is 9.21. The van der Waals surface area contributed by atoms with Gasteiger partial charge in [0.2, 0.25) is 0 Å². The van der Waals surface area contributed by atoms with Crippen molar-refractivity contribution in [1.29, 1.82) is 0 Å². The number of aryl methyl sites for hydroxylation is 3. The molecule has 0 aliphatic heterocycles. The number of rotatable bonds is 4. The van der Waals surface area contributed by atoms with Gasteiger partial charge in [0, 0.05) is 5.56 Å². The second-order valence-electron chi connectivity index (χ2n) is 4.87. The van der Waals surface area contributed by atoms with Crippen molar-refractivity contribution in [3.8, 4) is 16.9 Å². The lowest BCUT2D eigenvalue weighted by Gasteiger charge is -2.13. The molecule has 0 aliphatic carbocycles. The highest BCUT2D eigenvalue weighted by molar-refractivity contribution is 5.74. The van der Waals surface area contributed by atoms with Gasteiger partial charge in [-0.05, 0) is 41.5 Å². The van der Waals surface area contributed by atoms with Crippen LogP contribution in [0.4, 0.5) is 0 Å². The highest BCUT2D eigenvalue weighted by atomic mass is 16.3. The van der Waals surface area contributed by atoms with E-state index in [-0.39, 0.29) is 0 Å². The summed E-state index contributed by atoms with van der Waals surface area (Å²) < 4.78 is 0. The quantitative estimate of drug-likeness (QED) is 0.835. The van der Waals surface area contributed by atoms with Crippen molar-refractivity contribution in [2.75, 3.05) is 0 Å². The molecule has 0 unspecified atom stereocenters. The zero-order valence-electron chi connectivity index (χ0n) is 12.0. The smallest absolute Gasteiger partial charge is 0.126 e. The third-order valence-corrected chi connectivity index (χ3v) is 3.75. The molecule has 2 rings (SSSR count). The van der Waals surface area contributed by atoms with Crippen LogP contribution >= 0.6 is 0 Å². The highest BCUT2D eigenvalue weighted by Crippen LogP contribution is 2.35. The minimum absolute atomic E-state index is 0.434. The molecular weight excluding hydrogens is 232 g/mol. The molecular formula is C18H22O. The number of hydrogen-bond acceptors (Lipinski definition) is 1. The Morgan fingerprint density at radius 1 is 0.789 bits per heavy atom. The summed E-state index contributed by atoms with van der Waals surface area (Å²) in [5.74, 6) is 0.434. The van der Waals surface area contributed by atoms with Gasteiger partial charge < -0.3 is 5.11 Å². The van der Waals surface area contributed by atoms with Crippen LogP contribution in [-0.4, -0.2) is 5.11 Å². The van der Waals surface area contributed by atoms with Crippen molar-refractivity contribution >= 4 is 0 Å².